The quantitative estimate of drug-likeness (QED) is 0.757. The van der Waals surface area contributed by atoms with E-state index in [0.29, 0.717) is 18.0 Å². The Hall–Kier alpha value is -2.67. The average Bonchev–Trinajstić information content (AvgIpc) is 3.24. The molecule has 0 saturated carbocycles. The van der Waals surface area contributed by atoms with Crippen LogP contribution >= 0.6 is 11.3 Å². The van der Waals surface area contributed by atoms with E-state index in [0.717, 1.165) is 34.4 Å². The first-order chi connectivity index (χ1) is 13.0. The van der Waals surface area contributed by atoms with Crippen molar-refractivity contribution in [2.75, 3.05) is 13.1 Å². The molecule has 0 radical (unpaired) electrons. The minimum atomic E-state index is -0.0449. The van der Waals surface area contributed by atoms with Gasteiger partial charge in [0.2, 0.25) is 5.91 Å². The van der Waals surface area contributed by atoms with Crippen molar-refractivity contribution >= 4 is 33.4 Å². The molecule has 7 heteroatoms. The highest BCUT2D eigenvalue weighted by atomic mass is 32.1. The third-order valence-electron chi connectivity index (χ3n) is 5.04. The number of para-hydroxylation sites is 1. The third-order valence-corrected chi connectivity index (χ3v) is 6.15. The molecule has 0 bridgehead atoms. The second-order valence-corrected chi connectivity index (χ2v) is 7.95. The van der Waals surface area contributed by atoms with E-state index in [4.69, 9.17) is 0 Å². The molecule has 3 aromatic rings. The van der Waals surface area contributed by atoms with E-state index in [-0.39, 0.29) is 17.9 Å². The number of aromatic nitrogens is 2. The lowest BCUT2D eigenvalue weighted by Crippen LogP contribution is -2.45. The van der Waals surface area contributed by atoms with Crippen LogP contribution in [-0.4, -0.2) is 45.6 Å². The van der Waals surface area contributed by atoms with Gasteiger partial charge in [-0.25, -0.2) is 4.68 Å². The van der Waals surface area contributed by atoms with Gasteiger partial charge in [0.1, 0.15) is 4.83 Å². The van der Waals surface area contributed by atoms with Crippen molar-refractivity contribution in [2.24, 2.45) is 0 Å². The first-order valence-corrected chi connectivity index (χ1v) is 9.95. The number of carbonyl (C=O) groups excluding carboxylic acids is 2. The van der Waals surface area contributed by atoms with Gasteiger partial charge >= 0.3 is 0 Å². The lowest BCUT2D eigenvalue weighted by Gasteiger charge is -2.31. The van der Waals surface area contributed by atoms with Crippen molar-refractivity contribution in [3.8, 4) is 5.69 Å². The summed E-state index contributed by atoms with van der Waals surface area (Å²) in [6.45, 7) is 4.96. The van der Waals surface area contributed by atoms with Gasteiger partial charge in [-0.1, -0.05) is 18.2 Å². The van der Waals surface area contributed by atoms with Crippen LogP contribution in [0.3, 0.4) is 0 Å². The molecule has 1 aromatic carbocycles. The number of nitrogens with zero attached hydrogens (tertiary/aromatic N) is 3. The number of carbonyl (C=O) groups is 2. The highest BCUT2D eigenvalue weighted by Gasteiger charge is 2.24. The van der Waals surface area contributed by atoms with Gasteiger partial charge in [0.05, 0.1) is 16.3 Å². The summed E-state index contributed by atoms with van der Waals surface area (Å²) >= 11 is 1.47. The number of hydrogen-bond donors (Lipinski definition) is 1. The Morgan fingerprint density at radius 2 is 1.89 bits per heavy atom. The smallest absolute Gasteiger partial charge is 0.261 e. The first-order valence-electron chi connectivity index (χ1n) is 9.14. The summed E-state index contributed by atoms with van der Waals surface area (Å²) in [4.78, 5) is 27.7. The molecular formula is C20H22N4O2S. The summed E-state index contributed by atoms with van der Waals surface area (Å²) in [6, 6.07) is 12.0. The average molecular weight is 382 g/mol. The van der Waals surface area contributed by atoms with E-state index < -0.39 is 0 Å². The number of amides is 2. The Labute approximate surface area is 161 Å². The molecule has 1 fully saturated rings. The molecule has 1 saturated heterocycles. The van der Waals surface area contributed by atoms with E-state index in [1.807, 2.05) is 52.9 Å². The van der Waals surface area contributed by atoms with Crippen molar-refractivity contribution in [3.63, 3.8) is 0 Å². The van der Waals surface area contributed by atoms with Crippen LogP contribution in [0, 0.1) is 6.92 Å². The largest absolute Gasteiger partial charge is 0.348 e. The van der Waals surface area contributed by atoms with E-state index in [1.165, 1.54) is 11.3 Å². The zero-order chi connectivity index (χ0) is 19.0. The number of rotatable bonds is 3. The molecular weight excluding hydrogens is 360 g/mol. The Kier molecular flexibility index (Phi) is 4.70. The lowest BCUT2D eigenvalue weighted by molar-refractivity contribution is -0.129. The molecule has 1 N–H and O–H groups in total. The molecule has 0 atom stereocenters. The second-order valence-electron chi connectivity index (χ2n) is 6.92. The number of thiophene rings is 1. The monoisotopic (exact) mass is 382 g/mol. The molecule has 0 unspecified atom stereocenters. The number of hydrogen-bond acceptors (Lipinski definition) is 4. The van der Waals surface area contributed by atoms with Gasteiger partial charge in [-0.15, -0.1) is 11.3 Å². The number of benzene rings is 1. The fourth-order valence-corrected chi connectivity index (χ4v) is 4.58. The maximum absolute atomic E-state index is 12.7. The minimum absolute atomic E-state index is 0.0449. The van der Waals surface area contributed by atoms with Crippen LogP contribution in [0.1, 0.15) is 35.1 Å². The van der Waals surface area contributed by atoms with Crippen LogP contribution in [-0.2, 0) is 4.79 Å². The Morgan fingerprint density at radius 1 is 1.19 bits per heavy atom. The van der Waals surface area contributed by atoms with Crippen LogP contribution in [0.15, 0.2) is 36.4 Å². The van der Waals surface area contributed by atoms with Gasteiger partial charge in [-0.3, -0.25) is 9.59 Å². The predicted octanol–water partition coefficient (Wildman–Crippen LogP) is 3.14. The molecule has 2 aromatic heterocycles. The molecule has 140 valence electrons. The van der Waals surface area contributed by atoms with E-state index >= 15 is 0 Å². The molecule has 0 spiro atoms. The van der Waals surface area contributed by atoms with Gasteiger partial charge in [0.15, 0.2) is 0 Å². The van der Waals surface area contributed by atoms with Crippen LogP contribution in [0.25, 0.3) is 15.9 Å². The summed E-state index contributed by atoms with van der Waals surface area (Å²) in [5, 5.41) is 8.76. The van der Waals surface area contributed by atoms with Gasteiger partial charge in [-0.05, 0) is 38.0 Å². The number of fused-ring (bicyclic) bond motifs is 1. The van der Waals surface area contributed by atoms with Gasteiger partial charge < -0.3 is 10.2 Å². The number of likely N-dealkylation sites (tertiary alicyclic amines) is 1. The maximum Gasteiger partial charge on any atom is 0.261 e. The summed E-state index contributed by atoms with van der Waals surface area (Å²) in [5.74, 6) is 0.0571. The van der Waals surface area contributed by atoms with E-state index in [2.05, 4.69) is 10.4 Å². The van der Waals surface area contributed by atoms with Gasteiger partial charge in [0, 0.05) is 31.4 Å². The normalized spacial score (nSPS) is 15.3. The SMILES string of the molecule is CC(=O)N1CCC(NC(=O)c2cc3c(C)nn(-c4ccccc4)c3s2)CC1. The predicted molar refractivity (Wildman–Crippen MR) is 106 cm³/mol. The topological polar surface area (TPSA) is 67.2 Å². The molecule has 4 rings (SSSR count). The van der Waals surface area contributed by atoms with Crippen molar-refractivity contribution in [1.29, 1.82) is 0 Å². The summed E-state index contributed by atoms with van der Waals surface area (Å²) in [5.41, 5.74) is 1.90. The van der Waals surface area contributed by atoms with E-state index in [9.17, 15) is 9.59 Å². The molecule has 1 aliphatic rings. The summed E-state index contributed by atoms with van der Waals surface area (Å²) < 4.78 is 1.90. The van der Waals surface area contributed by atoms with Crippen molar-refractivity contribution in [3.05, 3.63) is 47.0 Å². The standard InChI is InChI=1S/C20H22N4O2S/c1-13-17-12-18(19(26)21-15-8-10-23(11-9-15)14(2)25)27-20(17)24(22-13)16-6-4-3-5-7-16/h3-7,12,15H,8-11H2,1-2H3,(H,21,26). The van der Waals surface area contributed by atoms with Crippen LogP contribution in [0.4, 0.5) is 0 Å². The third kappa shape index (κ3) is 3.47. The van der Waals surface area contributed by atoms with Crippen molar-refractivity contribution in [2.45, 2.75) is 32.7 Å². The number of nitrogens with one attached hydrogen (secondary N) is 1. The lowest BCUT2D eigenvalue weighted by atomic mass is 10.0. The van der Waals surface area contributed by atoms with Gasteiger partial charge in [0.25, 0.3) is 5.91 Å². The summed E-state index contributed by atoms with van der Waals surface area (Å²) in [7, 11) is 0. The Balaban J connectivity index is 1.53. The molecule has 0 aliphatic carbocycles. The highest BCUT2D eigenvalue weighted by Crippen LogP contribution is 2.30. The fraction of sp³-hybridized carbons (Fsp3) is 0.350. The zero-order valence-electron chi connectivity index (χ0n) is 15.4. The number of piperidine rings is 1. The summed E-state index contributed by atoms with van der Waals surface area (Å²) in [6.07, 6.45) is 1.60. The van der Waals surface area contributed by atoms with Crippen LogP contribution in [0.2, 0.25) is 0 Å². The van der Waals surface area contributed by atoms with Gasteiger partial charge in [-0.2, -0.15) is 5.10 Å². The maximum atomic E-state index is 12.7. The molecule has 3 heterocycles. The fourth-order valence-electron chi connectivity index (χ4n) is 3.50. The van der Waals surface area contributed by atoms with E-state index in [1.54, 1.807) is 6.92 Å². The van der Waals surface area contributed by atoms with Crippen LogP contribution < -0.4 is 5.32 Å². The Morgan fingerprint density at radius 3 is 2.56 bits per heavy atom. The second kappa shape index (κ2) is 7.15. The highest BCUT2D eigenvalue weighted by molar-refractivity contribution is 7.20. The Bertz CT molecular complexity index is 984. The number of aryl methyl sites for hydroxylation is 1. The molecule has 2 amide bonds. The van der Waals surface area contributed by atoms with Crippen molar-refractivity contribution in [1.82, 2.24) is 20.0 Å². The molecule has 1 aliphatic heterocycles. The molecule has 6 nitrogen and oxygen atoms in total. The zero-order valence-corrected chi connectivity index (χ0v) is 16.3. The molecule has 27 heavy (non-hydrogen) atoms. The first kappa shape index (κ1) is 17.7. The van der Waals surface area contributed by atoms with Crippen molar-refractivity contribution < 1.29 is 9.59 Å². The minimum Gasteiger partial charge on any atom is -0.348 e. The van der Waals surface area contributed by atoms with Crippen LogP contribution in [0.5, 0.6) is 0 Å².